The topological polar surface area (TPSA) is 52.5 Å². The number of aliphatic hydroxyl groups excluding tert-OH is 1. The summed E-state index contributed by atoms with van der Waals surface area (Å²) in [6, 6.07) is 9.83. The van der Waals surface area contributed by atoms with E-state index in [0.29, 0.717) is 6.54 Å². The molecule has 0 spiro atoms. The largest absolute Gasteiger partial charge is 0.387 e. The number of aliphatic hydroxyl groups is 1. The van der Waals surface area contributed by atoms with Crippen LogP contribution in [0.4, 0.5) is 5.82 Å². The molecule has 0 radical (unpaired) electrons. The summed E-state index contributed by atoms with van der Waals surface area (Å²) >= 11 is 0. The van der Waals surface area contributed by atoms with E-state index in [1.54, 1.807) is 6.33 Å². The molecular weight excluding hydrogens is 276 g/mol. The van der Waals surface area contributed by atoms with Crippen LogP contribution in [0.1, 0.15) is 22.9 Å². The van der Waals surface area contributed by atoms with Crippen LogP contribution in [0.5, 0.6) is 0 Å². The summed E-state index contributed by atoms with van der Waals surface area (Å²) in [6.45, 7) is 2.33. The molecule has 1 aliphatic heterocycles. The normalized spacial score (nSPS) is 16.1. The van der Waals surface area contributed by atoms with Gasteiger partial charge in [0.1, 0.15) is 12.1 Å². The highest BCUT2D eigenvalue weighted by Gasteiger charge is 2.23. The zero-order valence-electron chi connectivity index (χ0n) is 13.1. The number of rotatable bonds is 4. The van der Waals surface area contributed by atoms with E-state index in [1.807, 2.05) is 49.3 Å². The first kappa shape index (κ1) is 14.9. The van der Waals surface area contributed by atoms with Gasteiger partial charge in [0, 0.05) is 45.7 Å². The van der Waals surface area contributed by atoms with E-state index in [4.69, 9.17) is 0 Å². The fraction of sp³-hybridized carbons (Fsp3) is 0.412. The van der Waals surface area contributed by atoms with Crippen molar-refractivity contribution in [3.63, 3.8) is 0 Å². The van der Waals surface area contributed by atoms with E-state index >= 15 is 0 Å². The summed E-state index contributed by atoms with van der Waals surface area (Å²) in [5, 5.41) is 10.4. The first-order valence-electron chi connectivity index (χ1n) is 7.60. The maximum Gasteiger partial charge on any atom is 0.136 e. The molecule has 0 saturated carbocycles. The molecule has 2 heterocycles. The summed E-state index contributed by atoms with van der Waals surface area (Å²) in [6.07, 6.45) is 2.08. The van der Waals surface area contributed by atoms with Crippen molar-refractivity contribution in [2.24, 2.45) is 0 Å². The lowest BCUT2D eigenvalue weighted by molar-refractivity contribution is 0.105. The minimum absolute atomic E-state index is 0.463. The van der Waals surface area contributed by atoms with Gasteiger partial charge in [0.25, 0.3) is 0 Å². The Kier molecular flexibility index (Phi) is 4.36. The van der Waals surface area contributed by atoms with Crippen molar-refractivity contribution in [2.75, 3.05) is 32.1 Å². The zero-order chi connectivity index (χ0) is 15.5. The Morgan fingerprint density at radius 3 is 2.73 bits per heavy atom. The first-order chi connectivity index (χ1) is 10.6. The van der Waals surface area contributed by atoms with Crippen molar-refractivity contribution in [1.29, 1.82) is 0 Å². The standard InChI is InChI=1S/C17H22N4O/c1-20(2)17-14-10-21(9-8-15(14)18-12-19-17)11-16(22)13-6-4-3-5-7-13/h3-7,12,16,22H,8-11H2,1-2H3/t16-/m1/s1. The van der Waals surface area contributed by atoms with Crippen LogP contribution in [0.15, 0.2) is 36.7 Å². The number of hydrogen-bond donors (Lipinski definition) is 1. The smallest absolute Gasteiger partial charge is 0.136 e. The van der Waals surface area contributed by atoms with Crippen molar-refractivity contribution in [3.05, 3.63) is 53.5 Å². The predicted molar refractivity (Wildman–Crippen MR) is 86.7 cm³/mol. The van der Waals surface area contributed by atoms with Crippen molar-refractivity contribution in [1.82, 2.24) is 14.9 Å². The average Bonchev–Trinajstić information content (AvgIpc) is 2.55. The van der Waals surface area contributed by atoms with Crippen molar-refractivity contribution in [3.8, 4) is 0 Å². The molecule has 1 aromatic heterocycles. The number of nitrogens with zero attached hydrogens (tertiary/aromatic N) is 4. The molecule has 1 aliphatic rings. The molecule has 2 aromatic rings. The lowest BCUT2D eigenvalue weighted by Gasteiger charge is -2.31. The highest BCUT2D eigenvalue weighted by Crippen LogP contribution is 2.25. The Hall–Kier alpha value is -1.98. The van der Waals surface area contributed by atoms with Crippen LogP contribution in [-0.2, 0) is 13.0 Å². The number of β-amino-alcohol motifs (C(OH)–C–C–N with tert-alkyl or cyclic N) is 1. The Balaban J connectivity index is 1.74. The van der Waals surface area contributed by atoms with E-state index in [2.05, 4.69) is 14.9 Å². The average molecular weight is 298 g/mol. The molecule has 0 amide bonds. The third kappa shape index (κ3) is 3.10. The van der Waals surface area contributed by atoms with Gasteiger partial charge in [-0.1, -0.05) is 30.3 Å². The van der Waals surface area contributed by atoms with Gasteiger partial charge in [-0.15, -0.1) is 0 Å². The van der Waals surface area contributed by atoms with Gasteiger partial charge in [0.15, 0.2) is 0 Å². The molecule has 1 atom stereocenters. The summed E-state index contributed by atoms with van der Waals surface area (Å²) in [7, 11) is 4.00. The molecule has 116 valence electrons. The zero-order valence-corrected chi connectivity index (χ0v) is 13.1. The van der Waals surface area contributed by atoms with Gasteiger partial charge in [0.2, 0.25) is 0 Å². The summed E-state index contributed by atoms with van der Waals surface area (Å²) < 4.78 is 0. The molecular formula is C17H22N4O. The Morgan fingerprint density at radius 1 is 1.23 bits per heavy atom. The van der Waals surface area contributed by atoms with Gasteiger partial charge in [-0.2, -0.15) is 0 Å². The molecule has 0 unspecified atom stereocenters. The molecule has 1 aromatic carbocycles. The second-order valence-corrected chi connectivity index (χ2v) is 5.93. The first-order valence-corrected chi connectivity index (χ1v) is 7.60. The summed E-state index contributed by atoms with van der Waals surface area (Å²) in [4.78, 5) is 13.1. The molecule has 5 heteroatoms. The summed E-state index contributed by atoms with van der Waals surface area (Å²) in [5.74, 6) is 0.976. The van der Waals surface area contributed by atoms with Crippen LogP contribution >= 0.6 is 0 Å². The molecule has 22 heavy (non-hydrogen) atoms. The monoisotopic (exact) mass is 298 g/mol. The molecule has 0 aliphatic carbocycles. The Bertz CT molecular complexity index is 630. The molecule has 5 nitrogen and oxygen atoms in total. The number of fused-ring (bicyclic) bond motifs is 1. The molecule has 3 rings (SSSR count). The highest BCUT2D eigenvalue weighted by molar-refractivity contribution is 5.48. The van der Waals surface area contributed by atoms with E-state index in [-0.39, 0.29) is 0 Å². The SMILES string of the molecule is CN(C)c1ncnc2c1CN(C[C@@H](O)c1ccccc1)CC2. The summed E-state index contributed by atoms with van der Waals surface area (Å²) in [5.41, 5.74) is 3.27. The van der Waals surface area contributed by atoms with Crippen molar-refractivity contribution < 1.29 is 5.11 Å². The van der Waals surface area contributed by atoms with E-state index in [1.165, 1.54) is 5.56 Å². The molecule has 0 bridgehead atoms. The van der Waals surface area contributed by atoms with Gasteiger partial charge in [-0.05, 0) is 5.56 Å². The fourth-order valence-corrected chi connectivity index (χ4v) is 2.95. The van der Waals surface area contributed by atoms with Crippen LogP contribution in [0.25, 0.3) is 0 Å². The number of benzene rings is 1. The minimum atomic E-state index is -0.463. The molecule has 0 fully saturated rings. The van der Waals surface area contributed by atoms with Gasteiger partial charge < -0.3 is 10.0 Å². The van der Waals surface area contributed by atoms with Crippen molar-refractivity contribution >= 4 is 5.82 Å². The van der Waals surface area contributed by atoms with Crippen LogP contribution < -0.4 is 4.90 Å². The quantitative estimate of drug-likeness (QED) is 0.930. The number of hydrogen-bond acceptors (Lipinski definition) is 5. The lowest BCUT2D eigenvalue weighted by Crippen LogP contribution is -2.35. The third-order valence-corrected chi connectivity index (χ3v) is 4.10. The number of aromatic nitrogens is 2. The lowest BCUT2D eigenvalue weighted by atomic mass is 10.0. The maximum absolute atomic E-state index is 10.4. The minimum Gasteiger partial charge on any atom is -0.387 e. The molecule has 0 saturated heterocycles. The van der Waals surface area contributed by atoms with Crippen LogP contribution in [0.2, 0.25) is 0 Å². The van der Waals surface area contributed by atoms with Crippen LogP contribution in [-0.4, -0.2) is 47.2 Å². The second kappa shape index (κ2) is 6.42. The van der Waals surface area contributed by atoms with Gasteiger partial charge in [-0.25, -0.2) is 9.97 Å². The van der Waals surface area contributed by atoms with E-state index in [0.717, 1.165) is 36.6 Å². The van der Waals surface area contributed by atoms with Gasteiger partial charge in [0.05, 0.1) is 11.8 Å². The molecule has 1 N–H and O–H groups in total. The maximum atomic E-state index is 10.4. The predicted octanol–water partition coefficient (Wildman–Crippen LogP) is 1.63. The van der Waals surface area contributed by atoms with E-state index < -0.39 is 6.10 Å². The highest BCUT2D eigenvalue weighted by atomic mass is 16.3. The van der Waals surface area contributed by atoms with Gasteiger partial charge in [-0.3, -0.25) is 4.90 Å². The second-order valence-electron chi connectivity index (χ2n) is 5.93. The third-order valence-electron chi connectivity index (χ3n) is 4.10. The van der Waals surface area contributed by atoms with Crippen LogP contribution in [0.3, 0.4) is 0 Å². The van der Waals surface area contributed by atoms with E-state index in [9.17, 15) is 5.11 Å². The van der Waals surface area contributed by atoms with Crippen LogP contribution in [0, 0.1) is 0 Å². The fourth-order valence-electron chi connectivity index (χ4n) is 2.95. The Morgan fingerprint density at radius 2 is 2.00 bits per heavy atom. The Labute approximate surface area is 131 Å². The number of anilines is 1. The van der Waals surface area contributed by atoms with Gasteiger partial charge >= 0.3 is 0 Å². The van der Waals surface area contributed by atoms with Crippen molar-refractivity contribution in [2.45, 2.75) is 19.1 Å².